The number of halogens is 1. The molecule has 7 nitrogen and oxygen atoms in total. The van der Waals surface area contributed by atoms with Gasteiger partial charge in [-0.05, 0) is 35.4 Å². The van der Waals surface area contributed by atoms with E-state index in [4.69, 9.17) is 0 Å². The number of hydrogen-bond donors (Lipinski definition) is 2. The highest BCUT2D eigenvalue weighted by molar-refractivity contribution is 7.92. The Hall–Kier alpha value is -4.24. The molecule has 0 saturated carbocycles. The van der Waals surface area contributed by atoms with Crippen LogP contribution in [0.1, 0.15) is 21.5 Å². The Bertz CT molecular complexity index is 1390. The fourth-order valence-corrected chi connectivity index (χ4v) is 4.65. The molecule has 0 bridgehead atoms. The number of pyridine rings is 1. The summed E-state index contributed by atoms with van der Waals surface area (Å²) >= 11 is 0. The van der Waals surface area contributed by atoms with Crippen molar-refractivity contribution >= 4 is 27.5 Å². The number of carboxylic acids is 1. The molecule has 9 heteroatoms. The third kappa shape index (κ3) is 6.01. The molecule has 2 N–H and O–H groups in total. The summed E-state index contributed by atoms with van der Waals surface area (Å²) in [6.07, 6.45) is 1.25. The maximum Gasteiger partial charge on any atom is 0.339 e. The second kappa shape index (κ2) is 10.4. The van der Waals surface area contributed by atoms with Gasteiger partial charge in [0.1, 0.15) is 17.2 Å². The molecule has 3 aromatic carbocycles. The molecule has 0 spiro atoms. The monoisotopic (exact) mass is 491 g/mol. The highest BCUT2D eigenvalue weighted by Crippen LogP contribution is 2.26. The second-order valence-corrected chi connectivity index (χ2v) is 9.47. The van der Waals surface area contributed by atoms with E-state index in [-0.39, 0.29) is 22.0 Å². The second-order valence-electron chi connectivity index (χ2n) is 7.79. The number of hydrogen-bond acceptors (Lipinski definition) is 5. The third-order valence-electron chi connectivity index (χ3n) is 5.19. The van der Waals surface area contributed by atoms with E-state index in [1.165, 1.54) is 24.4 Å². The van der Waals surface area contributed by atoms with Crippen molar-refractivity contribution in [2.24, 2.45) is 0 Å². The van der Waals surface area contributed by atoms with Crippen LogP contribution in [0.3, 0.4) is 0 Å². The summed E-state index contributed by atoms with van der Waals surface area (Å²) in [7, 11) is -4.15. The normalized spacial score (nSPS) is 11.1. The van der Waals surface area contributed by atoms with E-state index in [1.54, 1.807) is 0 Å². The smallest absolute Gasteiger partial charge is 0.339 e. The van der Waals surface area contributed by atoms with E-state index < -0.39 is 21.8 Å². The van der Waals surface area contributed by atoms with Gasteiger partial charge in [0.15, 0.2) is 0 Å². The molecular weight excluding hydrogens is 469 g/mol. The lowest BCUT2D eigenvalue weighted by Gasteiger charge is -2.26. The first-order valence-corrected chi connectivity index (χ1v) is 12.1. The van der Waals surface area contributed by atoms with Gasteiger partial charge in [-0.25, -0.2) is 22.6 Å². The average molecular weight is 492 g/mol. The van der Waals surface area contributed by atoms with Crippen molar-refractivity contribution < 1.29 is 22.7 Å². The summed E-state index contributed by atoms with van der Waals surface area (Å²) < 4.78 is 41.1. The number of carboxylic acid groups (broad SMARTS) is 1. The van der Waals surface area contributed by atoms with Crippen LogP contribution in [0, 0.1) is 5.82 Å². The van der Waals surface area contributed by atoms with Crippen LogP contribution in [0.25, 0.3) is 0 Å². The van der Waals surface area contributed by atoms with Crippen LogP contribution in [-0.2, 0) is 23.1 Å². The van der Waals surface area contributed by atoms with Crippen LogP contribution in [0.2, 0.25) is 0 Å². The Balaban J connectivity index is 1.70. The van der Waals surface area contributed by atoms with Crippen molar-refractivity contribution in [2.75, 3.05) is 9.62 Å². The molecule has 0 radical (unpaired) electrons. The molecule has 0 aliphatic carbocycles. The van der Waals surface area contributed by atoms with Gasteiger partial charge in [-0.15, -0.1) is 0 Å². The first kappa shape index (κ1) is 23.9. The lowest BCUT2D eigenvalue weighted by atomic mass is 10.1. The number of sulfonamides is 1. The van der Waals surface area contributed by atoms with Gasteiger partial charge in [-0.3, -0.25) is 4.72 Å². The van der Waals surface area contributed by atoms with Crippen molar-refractivity contribution in [3.63, 3.8) is 0 Å². The molecule has 0 unspecified atom stereocenters. The van der Waals surface area contributed by atoms with Crippen LogP contribution in [0.15, 0.2) is 102 Å². The summed E-state index contributed by atoms with van der Waals surface area (Å²) in [4.78, 5) is 18.0. The number of nitrogens with one attached hydrogen (secondary N) is 1. The number of rotatable bonds is 9. The van der Waals surface area contributed by atoms with Crippen LogP contribution in [-0.4, -0.2) is 24.5 Å². The fourth-order valence-electron chi connectivity index (χ4n) is 3.58. The quantitative estimate of drug-likeness (QED) is 0.345. The Morgan fingerprint density at radius 3 is 2.03 bits per heavy atom. The summed E-state index contributed by atoms with van der Waals surface area (Å²) in [5.74, 6) is -1.77. The molecule has 0 fully saturated rings. The average Bonchev–Trinajstić information content (AvgIpc) is 2.85. The summed E-state index contributed by atoms with van der Waals surface area (Å²) in [5.41, 5.74) is 1.70. The molecule has 4 aromatic rings. The lowest BCUT2D eigenvalue weighted by molar-refractivity contribution is 0.0697. The Morgan fingerprint density at radius 2 is 1.49 bits per heavy atom. The van der Waals surface area contributed by atoms with Gasteiger partial charge in [0.05, 0.1) is 16.8 Å². The van der Waals surface area contributed by atoms with Gasteiger partial charge in [-0.1, -0.05) is 66.7 Å². The molecule has 35 heavy (non-hydrogen) atoms. The lowest BCUT2D eigenvalue weighted by Crippen LogP contribution is -2.26. The van der Waals surface area contributed by atoms with Crippen LogP contribution in [0.4, 0.5) is 15.9 Å². The summed E-state index contributed by atoms with van der Waals surface area (Å²) in [6.45, 7) is 0.773. The maximum atomic E-state index is 13.5. The van der Waals surface area contributed by atoms with Gasteiger partial charge in [0.25, 0.3) is 10.0 Å². The van der Waals surface area contributed by atoms with Crippen LogP contribution >= 0.6 is 0 Å². The van der Waals surface area contributed by atoms with Crippen molar-refractivity contribution in [2.45, 2.75) is 18.0 Å². The SMILES string of the molecule is O=C(O)c1cc(NS(=O)(=O)c2cccc(F)c2)cnc1N(Cc1ccccc1)Cc1ccccc1. The number of benzene rings is 3. The van der Waals surface area contributed by atoms with E-state index in [0.717, 1.165) is 23.3 Å². The van der Waals surface area contributed by atoms with Crippen molar-refractivity contribution in [1.82, 2.24) is 4.98 Å². The minimum absolute atomic E-state index is 0.0465. The maximum absolute atomic E-state index is 13.5. The fraction of sp³-hybridized carbons (Fsp3) is 0.0769. The summed E-state index contributed by atoms with van der Waals surface area (Å²) in [6, 6.07) is 24.8. The first-order chi connectivity index (χ1) is 16.8. The van der Waals surface area contributed by atoms with Crippen molar-refractivity contribution in [3.8, 4) is 0 Å². The first-order valence-electron chi connectivity index (χ1n) is 10.7. The van der Waals surface area contributed by atoms with Crippen molar-refractivity contribution in [3.05, 3.63) is 120 Å². The molecule has 1 aromatic heterocycles. The van der Waals surface area contributed by atoms with Gasteiger partial charge in [0, 0.05) is 13.1 Å². The van der Waals surface area contributed by atoms with Crippen LogP contribution < -0.4 is 9.62 Å². The number of anilines is 2. The summed E-state index contributed by atoms with van der Waals surface area (Å²) in [5, 5.41) is 9.93. The molecule has 0 atom stereocenters. The minimum atomic E-state index is -4.15. The molecular formula is C26H22FN3O4S. The predicted molar refractivity (Wildman–Crippen MR) is 131 cm³/mol. The van der Waals surface area contributed by atoms with E-state index in [2.05, 4.69) is 9.71 Å². The molecule has 1 heterocycles. The molecule has 4 rings (SSSR count). The topological polar surface area (TPSA) is 99.6 Å². The number of aromatic nitrogens is 1. The van der Waals surface area contributed by atoms with E-state index in [9.17, 15) is 22.7 Å². The highest BCUT2D eigenvalue weighted by Gasteiger charge is 2.22. The zero-order valence-corrected chi connectivity index (χ0v) is 19.3. The highest BCUT2D eigenvalue weighted by atomic mass is 32.2. The number of nitrogens with zero attached hydrogens (tertiary/aromatic N) is 2. The Labute approximate surface area is 202 Å². The minimum Gasteiger partial charge on any atom is -0.478 e. The standard InChI is InChI=1S/C26H22FN3O4S/c27-21-12-7-13-23(14-21)35(33,34)29-22-15-24(26(31)32)25(28-16-22)30(17-19-8-3-1-4-9-19)18-20-10-5-2-6-11-20/h1-16,29H,17-18H2,(H,31,32). The Morgan fingerprint density at radius 1 is 0.886 bits per heavy atom. The molecule has 0 saturated heterocycles. The van der Waals surface area contributed by atoms with Crippen molar-refractivity contribution in [1.29, 1.82) is 0 Å². The van der Waals surface area contributed by atoms with Crippen LogP contribution in [0.5, 0.6) is 0 Å². The number of carbonyl (C=O) groups is 1. The van der Waals surface area contributed by atoms with E-state index in [1.807, 2.05) is 65.6 Å². The predicted octanol–water partition coefficient (Wildman–Crippen LogP) is 4.93. The molecule has 0 aliphatic rings. The van der Waals surface area contributed by atoms with E-state index in [0.29, 0.717) is 13.1 Å². The van der Waals surface area contributed by atoms with Gasteiger partial charge < -0.3 is 10.0 Å². The van der Waals surface area contributed by atoms with Gasteiger partial charge in [-0.2, -0.15) is 0 Å². The van der Waals surface area contributed by atoms with Gasteiger partial charge >= 0.3 is 5.97 Å². The van der Waals surface area contributed by atoms with E-state index >= 15 is 0 Å². The zero-order chi connectivity index (χ0) is 24.8. The number of aromatic carboxylic acids is 1. The van der Waals surface area contributed by atoms with Gasteiger partial charge in [0.2, 0.25) is 0 Å². The molecule has 0 amide bonds. The Kier molecular flexibility index (Phi) is 7.07. The largest absolute Gasteiger partial charge is 0.478 e. The third-order valence-corrected chi connectivity index (χ3v) is 6.57. The molecule has 178 valence electrons. The zero-order valence-electron chi connectivity index (χ0n) is 18.5. The molecule has 0 aliphatic heterocycles.